The Morgan fingerprint density at radius 1 is 0.938 bits per heavy atom. The predicted octanol–water partition coefficient (Wildman–Crippen LogP) is 2.71. The minimum atomic E-state index is -0.622. The Balaban J connectivity index is 1.24. The fourth-order valence-electron chi connectivity index (χ4n) is 4.94. The number of benzene rings is 1. The largest absolute Gasteiger partial charge is 0.504 e. The van der Waals surface area contributed by atoms with E-state index >= 15 is 0 Å². The van der Waals surface area contributed by atoms with Crippen LogP contribution in [-0.4, -0.2) is 35.0 Å². The number of amides is 4. The minimum absolute atomic E-state index is 0.0236. The number of aliphatic hydroxyl groups is 1. The van der Waals surface area contributed by atoms with Gasteiger partial charge < -0.3 is 21.1 Å². The summed E-state index contributed by atoms with van der Waals surface area (Å²) >= 11 is 0. The van der Waals surface area contributed by atoms with E-state index in [-0.39, 0.29) is 41.1 Å². The zero-order valence-corrected chi connectivity index (χ0v) is 18.0. The fourth-order valence-corrected chi connectivity index (χ4v) is 4.94. The van der Waals surface area contributed by atoms with Crippen molar-refractivity contribution in [3.05, 3.63) is 59.6 Å². The molecule has 0 aromatic heterocycles. The molecule has 0 saturated heterocycles. The first-order chi connectivity index (χ1) is 15.4. The summed E-state index contributed by atoms with van der Waals surface area (Å²) < 4.78 is 0. The third kappa shape index (κ3) is 4.95. The molecule has 170 valence electrons. The number of carbonyl (C=O) groups excluding carboxylic acids is 3. The summed E-state index contributed by atoms with van der Waals surface area (Å²) in [6.45, 7) is 3.51. The van der Waals surface area contributed by atoms with E-state index in [0.717, 1.165) is 25.7 Å². The van der Waals surface area contributed by atoms with Crippen LogP contribution in [-0.2, 0) is 9.59 Å². The lowest BCUT2D eigenvalue weighted by molar-refractivity contribution is -0.126. The molecular weight excluding hydrogens is 408 g/mol. The van der Waals surface area contributed by atoms with Crippen LogP contribution in [0.5, 0.6) is 0 Å². The van der Waals surface area contributed by atoms with Crippen molar-refractivity contribution in [1.29, 1.82) is 0 Å². The molecule has 2 saturated carbocycles. The van der Waals surface area contributed by atoms with E-state index in [9.17, 15) is 19.5 Å². The first-order valence-electron chi connectivity index (χ1n) is 11.3. The van der Waals surface area contributed by atoms with Gasteiger partial charge in [0.25, 0.3) is 5.91 Å². The predicted molar refractivity (Wildman–Crippen MR) is 119 cm³/mol. The number of rotatable bonds is 5. The molecule has 32 heavy (non-hydrogen) atoms. The Bertz CT molecular complexity index is 935. The Labute approximate surface area is 187 Å². The van der Waals surface area contributed by atoms with E-state index in [4.69, 9.17) is 0 Å². The van der Waals surface area contributed by atoms with Gasteiger partial charge >= 0.3 is 6.03 Å². The Morgan fingerprint density at radius 2 is 1.62 bits per heavy atom. The van der Waals surface area contributed by atoms with Crippen LogP contribution in [0.25, 0.3) is 0 Å². The van der Waals surface area contributed by atoms with Gasteiger partial charge in [-0.3, -0.25) is 14.9 Å². The van der Waals surface area contributed by atoms with E-state index in [0.29, 0.717) is 25.2 Å². The molecule has 1 aliphatic heterocycles. The van der Waals surface area contributed by atoms with Gasteiger partial charge in [0.15, 0.2) is 11.5 Å². The van der Waals surface area contributed by atoms with Gasteiger partial charge in [-0.2, -0.15) is 0 Å². The third-order valence-corrected chi connectivity index (χ3v) is 6.74. The minimum Gasteiger partial charge on any atom is -0.504 e. The molecule has 8 heteroatoms. The Morgan fingerprint density at radius 3 is 2.34 bits per heavy atom. The lowest BCUT2D eigenvalue weighted by atomic mass is 9.81. The van der Waals surface area contributed by atoms with E-state index in [2.05, 4.69) is 52.1 Å². The van der Waals surface area contributed by atoms with Crippen molar-refractivity contribution in [3.8, 4) is 0 Å². The molecular formula is C24H30N4O4. The maximum atomic E-state index is 12.8. The summed E-state index contributed by atoms with van der Waals surface area (Å²) in [5, 5.41) is 20.6. The molecule has 4 amide bonds. The maximum Gasteiger partial charge on any atom is 0.324 e. The molecule has 8 nitrogen and oxygen atoms in total. The van der Waals surface area contributed by atoms with Gasteiger partial charge in [0.2, 0.25) is 5.91 Å². The summed E-state index contributed by atoms with van der Waals surface area (Å²) in [5.41, 5.74) is 1.13. The van der Waals surface area contributed by atoms with Crippen LogP contribution < -0.4 is 21.3 Å². The second-order valence-electron chi connectivity index (χ2n) is 8.93. The number of hydrogen-bond donors (Lipinski definition) is 5. The normalized spacial score (nSPS) is 28.0. The van der Waals surface area contributed by atoms with Gasteiger partial charge in [0.05, 0.1) is 5.70 Å². The van der Waals surface area contributed by atoms with Crippen molar-refractivity contribution in [1.82, 2.24) is 21.3 Å². The molecule has 0 bridgehead atoms. The smallest absolute Gasteiger partial charge is 0.324 e. The van der Waals surface area contributed by atoms with E-state index in [1.165, 1.54) is 5.56 Å². The first kappa shape index (κ1) is 21.9. The second kappa shape index (κ2) is 9.46. The van der Waals surface area contributed by atoms with Gasteiger partial charge in [0.1, 0.15) is 0 Å². The summed E-state index contributed by atoms with van der Waals surface area (Å²) in [6, 6.07) is 9.93. The fraction of sp³-hybridized carbons (Fsp3) is 0.458. The zero-order valence-electron chi connectivity index (χ0n) is 18.0. The SMILES string of the molecule is C=C1NC(=O)NC(C(=O)N[C@@H]2CC[C@@H](C(=O)NC3CCC(c4ccccc4)CC3)C2)=C1O. The number of hydrogen-bond acceptors (Lipinski definition) is 4. The van der Waals surface area contributed by atoms with Crippen LogP contribution in [0.2, 0.25) is 0 Å². The molecule has 3 aliphatic rings. The Hall–Kier alpha value is -3.29. The van der Waals surface area contributed by atoms with Crippen LogP contribution in [0.4, 0.5) is 4.79 Å². The Kier molecular flexibility index (Phi) is 6.48. The molecule has 4 rings (SSSR count). The molecule has 2 fully saturated rings. The maximum absolute atomic E-state index is 12.8. The highest BCUT2D eigenvalue weighted by Crippen LogP contribution is 2.33. The van der Waals surface area contributed by atoms with E-state index < -0.39 is 11.9 Å². The molecule has 1 heterocycles. The average Bonchev–Trinajstić information content (AvgIpc) is 3.26. The highest BCUT2D eigenvalue weighted by atomic mass is 16.3. The van der Waals surface area contributed by atoms with Crippen LogP contribution >= 0.6 is 0 Å². The topological polar surface area (TPSA) is 120 Å². The van der Waals surface area contributed by atoms with Crippen molar-refractivity contribution < 1.29 is 19.5 Å². The molecule has 0 unspecified atom stereocenters. The van der Waals surface area contributed by atoms with Crippen molar-refractivity contribution in [2.24, 2.45) is 5.92 Å². The molecule has 1 aromatic rings. The van der Waals surface area contributed by atoms with Crippen molar-refractivity contribution >= 4 is 17.8 Å². The van der Waals surface area contributed by atoms with Crippen molar-refractivity contribution in [3.63, 3.8) is 0 Å². The van der Waals surface area contributed by atoms with Crippen LogP contribution in [0.1, 0.15) is 56.4 Å². The number of urea groups is 1. The molecule has 0 spiro atoms. The molecule has 5 N–H and O–H groups in total. The summed E-state index contributed by atoms with van der Waals surface area (Å²) in [7, 11) is 0. The van der Waals surface area contributed by atoms with E-state index in [1.54, 1.807) is 0 Å². The average molecular weight is 439 g/mol. The number of nitrogens with one attached hydrogen (secondary N) is 4. The monoisotopic (exact) mass is 438 g/mol. The quantitative estimate of drug-likeness (QED) is 0.485. The van der Waals surface area contributed by atoms with Crippen LogP contribution in [0, 0.1) is 5.92 Å². The van der Waals surface area contributed by atoms with E-state index in [1.807, 2.05) is 6.07 Å². The molecule has 2 aliphatic carbocycles. The lowest BCUT2D eigenvalue weighted by Crippen LogP contribution is -2.47. The first-order valence-corrected chi connectivity index (χ1v) is 11.3. The highest BCUT2D eigenvalue weighted by molar-refractivity contribution is 6.00. The number of aliphatic hydroxyl groups excluding tert-OH is 1. The lowest BCUT2D eigenvalue weighted by Gasteiger charge is -2.30. The van der Waals surface area contributed by atoms with Gasteiger partial charge in [-0.25, -0.2) is 4.79 Å². The zero-order chi connectivity index (χ0) is 22.7. The molecule has 0 radical (unpaired) electrons. The highest BCUT2D eigenvalue weighted by Gasteiger charge is 2.34. The van der Waals surface area contributed by atoms with Gasteiger partial charge in [0, 0.05) is 18.0 Å². The molecule has 1 aromatic carbocycles. The second-order valence-corrected chi connectivity index (χ2v) is 8.93. The number of carbonyl (C=O) groups is 3. The van der Waals surface area contributed by atoms with Crippen LogP contribution in [0.3, 0.4) is 0 Å². The summed E-state index contributed by atoms with van der Waals surface area (Å²) in [4.78, 5) is 36.8. The van der Waals surface area contributed by atoms with Gasteiger partial charge in [-0.1, -0.05) is 36.9 Å². The van der Waals surface area contributed by atoms with Gasteiger partial charge in [-0.15, -0.1) is 0 Å². The van der Waals surface area contributed by atoms with Crippen molar-refractivity contribution in [2.75, 3.05) is 0 Å². The van der Waals surface area contributed by atoms with Crippen LogP contribution in [0.15, 0.2) is 54.1 Å². The van der Waals surface area contributed by atoms with Gasteiger partial charge in [-0.05, 0) is 56.4 Å². The summed E-state index contributed by atoms with van der Waals surface area (Å²) in [5.74, 6) is -0.500. The third-order valence-electron chi connectivity index (χ3n) is 6.74. The molecule has 2 atom stereocenters. The standard InChI is InChI=1S/C24H30N4O4/c1-14-21(29)20(28-24(32)25-14)23(31)27-19-12-9-17(13-19)22(30)26-18-10-7-16(8-11-18)15-5-3-2-4-6-15/h2-6,16-19,29H,1,7-13H2,(H,26,30)(H,27,31)(H2,25,28,32)/t16?,17-,18?,19-/m1/s1. The summed E-state index contributed by atoms with van der Waals surface area (Å²) in [6.07, 6.45) is 6.00. The van der Waals surface area contributed by atoms with Crippen molar-refractivity contribution in [2.45, 2.75) is 62.9 Å².